The number of pyridine rings is 1. The Morgan fingerprint density at radius 1 is 1.04 bits per heavy atom. The van der Waals surface area contributed by atoms with E-state index < -0.39 is 74.1 Å². The smallest absolute Gasteiger partial charge is 0.262 e. The van der Waals surface area contributed by atoms with Crippen LogP contribution in [0.15, 0.2) is 47.3 Å². The van der Waals surface area contributed by atoms with Crippen molar-refractivity contribution in [3.8, 4) is 11.5 Å². The molecule has 2 saturated carbocycles. The van der Waals surface area contributed by atoms with Gasteiger partial charge in [0.05, 0.1) is 35.9 Å². The van der Waals surface area contributed by atoms with Crippen LogP contribution in [0.25, 0.3) is 10.9 Å². The van der Waals surface area contributed by atoms with Gasteiger partial charge in [-0.3, -0.25) is 28.7 Å². The number of sulfonamides is 1. The van der Waals surface area contributed by atoms with E-state index in [1.54, 1.807) is 31.4 Å². The van der Waals surface area contributed by atoms with Crippen LogP contribution in [0.3, 0.4) is 0 Å². The van der Waals surface area contributed by atoms with Crippen molar-refractivity contribution in [3.05, 3.63) is 68.2 Å². The first-order valence-electron chi connectivity index (χ1n) is 18.9. The average molecular weight is 810 g/mol. The Balaban J connectivity index is 1.21. The van der Waals surface area contributed by atoms with Gasteiger partial charge in [0.25, 0.3) is 17.4 Å². The first kappa shape index (κ1) is 39.5. The molecule has 2 aliphatic heterocycles. The summed E-state index contributed by atoms with van der Waals surface area (Å²) in [5, 5.41) is 5.74. The summed E-state index contributed by atoms with van der Waals surface area (Å²) in [5.74, 6) is -2.03. The number of H-pyrrole nitrogens is 1. The number of aromatic nitrogens is 1. The van der Waals surface area contributed by atoms with E-state index in [4.69, 9.17) is 14.2 Å². The summed E-state index contributed by atoms with van der Waals surface area (Å²) in [5.41, 5.74) is -0.742. The SMILES string of the molecule is COCc1ccc(C(=O)N[C@H]2CCCCC/C=C\[C@@H]3C[C@@]3(C(=O)NS(=O)(=O)C3CC3)NC(=O)[C@@H]3C[C@@H](Oc4cc(=O)[nH]c5c(C)c(OC)ccc45)CN3C2=O)s1. The van der Waals surface area contributed by atoms with E-state index in [2.05, 4.69) is 20.3 Å². The number of allylic oxidation sites excluding steroid dienone is 1. The first-order chi connectivity index (χ1) is 26.8. The van der Waals surface area contributed by atoms with Gasteiger partial charge in [-0.2, -0.15) is 0 Å². The number of hydrogen-bond donors (Lipinski definition) is 4. The van der Waals surface area contributed by atoms with Crippen LogP contribution in [0.4, 0.5) is 0 Å². The van der Waals surface area contributed by atoms with Gasteiger partial charge in [0.1, 0.15) is 35.2 Å². The van der Waals surface area contributed by atoms with Crippen molar-refractivity contribution in [1.29, 1.82) is 0 Å². The summed E-state index contributed by atoms with van der Waals surface area (Å²) in [7, 11) is -0.820. The monoisotopic (exact) mass is 809 g/mol. The highest BCUT2D eigenvalue weighted by Crippen LogP contribution is 2.46. The third kappa shape index (κ3) is 8.20. The Morgan fingerprint density at radius 3 is 2.59 bits per heavy atom. The van der Waals surface area contributed by atoms with Crippen LogP contribution in [-0.2, 0) is 35.8 Å². The van der Waals surface area contributed by atoms with Gasteiger partial charge in [-0.1, -0.05) is 25.0 Å². The lowest BCUT2D eigenvalue weighted by Gasteiger charge is -2.29. The largest absolute Gasteiger partial charge is 0.496 e. The Labute approximate surface area is 328 Å². The van der Waals surface area contributed by atoms with Crippen molar-refractivity contribution in [2.75, 3.05) is 20.8 Å². The van der Waals surface area contributed by atoms with Gasteiger partial charge in [-0.15, -0.1) is 11.3 Å². The van der Waals surface area contributed by atoms with Gasteiger partial charge in [0.2, 0.25) is 21.8 Å². The quantitative estimate of drug-likeness (QED) is 0.221. The van der Waals surface area contributed by atoms with E-state index in [9.17, 15) is 32.4 Å². The molecule has 5 atom stereocenters. The molecule has 1 saturated heterocycles. The fraction of sp³-hybridized carbons (Fsp3) is 0.513. The number of thiophene rings is 1. The van der Waals surface area contributed by atoms with Gasteiger partial charge in [0, 0.05) is 41.3 Å². The minimum absolute atomic E-state index is 0.00838. The molecule has 4 aliphatic rings. The zero-order chi connectivity index (χ0) is 39.8. The zero-order valence-corrected chi connectivity index (χ0v) is 33.2. The third-order valence-electron chi connectivity index (χ3n) is 11.0. The molecule has 17 heteroatoms. The summed E-state index contributed by atoms with van der Waals surface area (Å²) in [6, 6.07) is 6.15. The number of carbonyl (C=O) groups excluding carboxylic acids is 4. The number of fused-ring (bicyclic) bond motifs is 3. The maximum atomic E-state index is 14.7. The fourth-order valence-corrected chi connectivity index (χ4v) is 9.96. The molecule has 0 unspecified atom stereocenters. The zero-order valence-electron chi connectivity index (χ0n) is 31.6. The van der Waals surface area contributed by atoms with E-state index in [1.165, 1.54) is 29.4 Å². The highest BCUT2D eigenvalue weighted by molar-refractivity contribution is 7.91. The molecule has 300 valence electrons. The average Bonchev–Trinajstić information content (AvgIpc) is 4.04. The predicted molar refractivity (Wildman–Crippen MR) is 208 cm³/mol. The number of hydrogen-bond acceptors (Lipinski definition) is 11. The lowest BCUT2D eigenvalue weighted by atomic mass is 10.0. The van der Waals surface area contributed by atoms with Crippen molar-refractivity contribution in [1.82, 2.24) is 25.2 Å². The van der Waals surface area contributed by atoms with Crippen molar-refractivity contribution >= 4 is 55.9 Å². The molecule has 3 fully saturated rings. The first-order valence-corrected chi connectivity index (χ1v) is 21.3. The number of ether oxygens (including phenoxy) is 3. The van der Waals surface area contributed by atoms with E-state index >= 15 is 0 Å². The summed E-state index contributed by atoms with van der Waals surface area (Å²) in [4.78, 5) is 74.7. The number of aromatic amines is 1. The lowest BCUT2D eigenvalue weighted by molar-refractivity contribution is -0.141. The maximum absolute atomic E-state index is 14.7. The van der Waals surface area contributed by atoms with Crippen LogP contribution in [0.5, 0.6) is 11.5 Å². The third-order valence-corrected chi connectivity index (χ3v) is 13.9. The van der Waals surface area contributed by atoms with Crippen LogP contribution < -0.4 is 30.4 Å². The second-order valence-electron chi connectivity index (χ2n) is 15.0. The summed E-state index contributed by atoms with van der Waals surface area (Å²) >= 11 is 1.26. The van der Waals surface area contributed by atoms with Crippen LogP contribution >= 0.6 is 11.3 Å². The number of aryl methyl sites for hydroxylation is 1. The highest BCUT2D eigenvalue weighted by Gasteiger charge is 2.62. The molecule has 3 aromatic rings. The van der Waals surface area contributed by atoms with Gasteiger partial charge < -0.3 is 34.7 Å². The molecule has 4 heterocycles. The molecule has 0 bridgehead atoms. The van der Waals surface area contributed by atoms with Crippen LogP contribution in [0, 0.1) is 12.8 Å². The standard InChI is InChI=1S/C39H47N5O10S2/c1-22-30(53-3)15-14-27-31(18-33(45)41-34(22)27)54-24-17-29-35(46)42-39(38(49)43-56(50,51)26-12-13-26)19-23(39)9-7-5-4-6-8-10-28(37(48)44(29)20-24)40-36(47)32-16-11-25(55-32)21-52-2/h7,9,11,14-16,18,23-24,26,28-29H,4-6,8,10,12-13,17,19-21H2,1-3H3,(H,40,47)(H,41,45)(H,42,46)(H,43,49)/b9-7-/t23-,24-,28+,29+,39-/m1/s1. The molecule has 2 aromatic heterocycles. The Morgan fingerprint density at radius 2 is 1.84 bits per heavy atom. The lowest BCUT2D eigenvalue weighted by Crippen LogP contribution is -2.58. The second-order valence-corrected chi connectivity index (χ2v) is 18.2. The molecular weight excluding hydrogens is 763 g/mol. The van der Waals surface area contributed by atoms with Crippen molar-refractivity contribution in [2.24, 2.45) is 5.92 Å². The number of rotatable bonds is 10. The van der Waals surface area contributed by atoms with Crippen LogP contribution in [-0.4, -0.2) is 91.7 Å². The second kappa shape index (κ2) is 16.0. The summed E-state index contributed by atoms with van der Waals surface area (Å²) in [6.45, 7) is 2.08. The molecule has 4 N–H and O–H groups in total. The molecule has 15 nitrogen and oxygen atoms in total. The van der Waals surface area contributed by atoms with E-state index in [0.29, 0.717) is 65.8 Å². The topological polar surface area (TPSA) is 202 Å². The number of nitrogens with zero attached hydrogens (tertiary/aromatic N) is 1. The van der Waals surface area contributed by atoms with Crippen molar-refractivity contribution in [3.63, 3.8) is 0 Å². The molecule has 2 aliphatic carbocycles. The summed E-state index contributed by atoms with van der Waals surface area (Å²) in [6.07, 6.45) is 7.26. The Bertz CT molecular complexity index is 2230. The molecule has 1 aromatic carbocycles. The van der Waals surface area contributed by atoms with Crippen LogP contribution in [0.2, 0.25) is 0 Å². The van der Waals surface area contributed by atoms with E-state index in [1.807, 2.05) is 19.1 Å². The molecule has 7 rings (SSSR count). The van der Waals surface area contributed by atoms with E-state index in [-0.39, 0.29) is 25.1 Å². The number of nitrogens with one attached hydrogen (secondary N) is 4. The Kier molecular flexibility index (Phi) is 11.3. The molecule has 56 heavy (non-hydrogen) atoms. The normalized spacial score (nSPS) is 26.2. The molecule has 0 spiro atoms. The van der Waals surface area contributed by atoms with Gasteiger partial charge in [-0.05, 0) is 69.7 Å². The molecular formula is C39H47N5O10S2. The molecule has 0 radical (unpaired) electrons. The van der Waals surface area contributed by atoms with Gasteiger partial charge >= 0.3 is 0 Å². The highest BCUT2D eigenvalue weighted by atomic mass is 32.2. The Hall–Kier alpha value is -4.74. The van der Waals surface area contributed by atoms with Gasteiger partial charge in [-0.25, -0.2) is 8.42 Å². The number of amides is 4. The maximum Gasteiger partial charge on any atom is 0.262 e. The van der Waals surface area contributed by atoms with Crippen molar-refractivity contribution < 1.29 is 41.8 Å². The number of benzene rings is 1. The predicted octanol–water partition coefficient (Wildman–Crippen LogP) is 3.20. The van der Waals surface area contributed by atoms with E-state index in [0.717, 1.165) is 17.7 Å². The van der Waals surface area contributed by atoms with Gasteiger partial charge in [0.15, 0.2) is 0 Å². The fourth-order valence-electron chi connectivity index (χ4n) is 7.71. The van der Waals surface area contributed by atoms with Crippen molar-refractivity contribution in [2.45, 2.75) is 100 Å². The summed E-state index contributed by atoms with van der Waals surface area (Å²) < 4.78 is 45.0. The minimum Gasteiger partial charge on any atom is -0.496 e. The number of carbonyl (C=O) groups is 4. The molecule has 4 amide bonds. The number of methoxy groups -OCH3 is 2. The minimum atomic E-state index is -3.91. The van der Waals surface area contributed by atoms with Crippen LogP contribution in [0.1, 0.15) is 77.9 Å².